The number of allylic oxidation sites excluding steroid dienone is 1. The zero-order valence-corrected chi connectivity index (χ0v) is 12.9. The number of ether oxygens (including phenoxy) is 1. The Morgan fingerprint density at radius 2 is 1.90 bits per heavy atom. The van der Waals surface area contributed by atoms with Crippen molar-refractivity contribution in [3.05, 3.63) is 48.0 Å². The first kappa shape index (κ1) is 13.1. The lowest BCUT2D eigenvalue weighted by Gasteiger charge is -2.20. The van der Waals surface area contributed by atoms with Crippen LogP contribution in [0.5, 0.6) is 5.75 Å². The lowest BCUT2D eigenvalue weighted by molar-refractivity contribution is 0.415. The van der Waals surface area contributed by atoms with E-state index in [0.29, 0.717) is 5.25 Å². The van der Waals surface area contributed by atoms with Gasteiger partial charge >= 0.3 is 0 Å². The second-order valence-electron chi connectivity index (χ2n) is 5.89. The van der Waals surface area contributed by atoms with Crippen molar-refractivity contribution in [2.24, 2.45) is 0 Å². The lowest BCUT2D eigenvalue weighted by atomic mass is 9.97. The Labute approximate surface area is 127 Å². The maximum absolute atomic E-state index is 12.1. The molecule has 3 heteroatoms. The summed E-state index contributed by atoms with van der Waals surface area (Å²) < 4.78 is 17.4. The van der Waals surface area contributed by atoms with E-state index in [-0.39, 0.29) is 5.25 Å². The standard InChI is InChI=1S/C18H18O2S/c1-20-16-5-4-12-8-13(2-3-14(12)9-16)15-10-17-6-7-18(11-15)21(17)19/h2-5,8-10,17-18H,6-7,11H2,1H3. The molecule has 0 N–H and O–H groups in total. The summed E-state index contributed by atoms with van der Waals surface area (Å²) in [5, 5.41) is 3.08. The Kier molecular flexibility index (Phi) is 3.11. The summed E-state index contributed by atoms with van der Waals surface area (Å²) in [5.41, 5.74) is 2.65. The molecule has 0 saturated carbocycles. The van der Waals surface area contributed by atoms with E-state index in [2.05, 4.69) is 36.4 Å². The van der Waals surface area contributed by atoms with Gasteiger partial charge < -0.3 is 4.74 Å². The third-order valence-electron chi connectivity index (χ3n) is 4.65. The van der Waals surface area contributed by atoms with Gasteiger partial charge in [-0.25, -0.2) is 0 Å². The third kappa shape index (κ3) is 2.20. The van der Waals surface area contributed by atoms with Crippen LogP contribution in [0, 0.1) is 0 Å². The van der Waals surface area contributed by atoms with Gasteiger partial charge in [-0.3, -0.25) is 4.21 Å². The molecule has 2 bridgehead atoms. The van der Waals surface area contributed by atoms with Gasteiger partial charge in [0.2, 0.25) is 0 Å². The number of benzene rings is 2. The fourth-order valence-electron chi connectivity index (χ4n) is 3.47. The Bertz CT molecular complexity index is 763. The van der Waals surface area contributed by atoms with Gasteiger partial charge in [-0.1, -0.05) is 24.3 Å². The number of hydrogen-bond donors (Lipinski definition) is 0. The Hall–Kier alpha value is -1.61. The van der Waals surface area contributed by atoms with Crippen molar-refractivity contribution in [1.82, 2.24) is 0 Å². The van der Waals surface area contributed by atoms with Crippen LogP contribution in [0.3, 0.4) is 0 Å². The first-order valence-electron chi connectivity index (χ1n) is 7.43. The molecule has 2 heterocycles. The van der Waals surface area contributed by atoms with Gasteiger partial charge in [0.1, 0.15) is 5.75 Å². The first-order chi connectivity index (χ1) is 10.2. The van der Waals surface area contributed by atoms with Gasteiger partial charge in [0.15, 0.2) is 0 Å². The largest absolute Gasteiger partial charge is 0.497 e. The average Bonchev–Trinajstić information content (AvgIpc) is 2.75. The topological polar surface area (TPSA) is 26.3 Å². The van der Waals surface area contributed by atoms with Crippen LogP contribution in [0.15, 0.2) is 42.5 Å². The monoisotopic (exact) mass is 298 g/mol. The maximum atomic E-state index is 12.1. The van der Waals surface area contributed by atoms with Crippen molar-refractivity contribution in [3.63, 3.8) is 0 Å². The molecule has 2 nitrogen and oxygen atoms in total. The average molecular weight is 298 g/mol. The van der Waals surface area contributed by atoms with Crippen molar-refractivity contribution in [3.8, 4) is 5.75 Å². The highest BCUT2D eigenvalue weighted by atomic mass is 32.2. The number of fused-ring (bicyclic) bond motifs is 3. The SMILES string of the molecule is COc1ccc2cc(C3=CC4CCC(C3)S4=O)ccc2c1. The van der Waals surface area contributed by atoms with Crippen LogP contribution < -0.4 is 4.74 Å². The van der Waals surface area contributed by atoms with E-state index in [1.165, 1.54) is 21.9 Å². The van der Waals surface area contributed by atoms with E-state index in [1.54, 1.807) is 7.11 Å². The van der Waals surface area contributed by atoms with Crippen molar-refractivity contribution >= 4 is 27.1 Å². The molecular weight excluding hydrogens is 280 g/mol. The molecule has 0 amide bonds. The van der Waals surface area contributed by atoms with E-state index in [9.17, 15) is 4.21 Å². The molecular formula is C18H18O2S. The minimum Gasteiger partial charge on any atom is -0.497 e. The van der Waals surface area contributed by atoms with Crippen molar-refractivity contribution in [1.29, 1.82) is 0 Å². The van der Waals surface area contributed by atoms with Gasteiger partial charge in [0, 0.05) is 16.0 Å². The lowest BCUT2D eigenvalue weighted by Crippen LogP contribution is -2.19. The zero-order valence-electron chi connectivity index (χ0n) is 12.0. The first-order valence-corrected chi connectivity index (χ1v) is 8.70. The third-order valence-corrected chi connectivity index (χ3v) is 6.68. The minimum atomic E-state index is -0.637. The van der Waals surface area contributed by atoms with Gasteiger partial charge in [0.05, 0.1) is 12.4 Å². The van der Waals surface area contributed by atoms with Crippen LogP contribution in [0.25, 0.3) is 16.3 Å². The molecule has 0 radical (unpaired) electrons. The summed E-state index contributed by atoms with van der Waals surface area (Å²) in [5.74, 6) is 0.889. The number of rotatable bonds is 2. The summed E-state index contributed by atoms with van der Waals surface area (Å²) in [4.78, 5) is 0. The highest BCUT2D eigenvalue weighted by molar-refractivity contribution is 7.86. The van der Waals surface area contributed by atoms with Crippen LogP contribution in [0.2, 0.25) is 0 Å². The summed E-state index contributed by atoms with van der Waals surface area (Å²) >= 11 is 0. The van der Waals surface area contributed by atoms with E-state index in [1.807, 2.05) is 6.07 Å². The molecule has 4 rings (SSSR count). The Morgan fingerprint density at radius 3 is 2.71 bits per heavy atom. The van der Waals surface area contributed by atoms with Gasteiger partial charge in [-0.15, -0.1) is 0 Å². The molecule has 3 atom stereocenters. The highest BCUT2D eigenvalue weighted by Crippen LogP contribution is 2.39. The van der Waals surface area contributed by atoms with Gasteiger partial charge in [-0.05, 0) is 59.4 Å². The second kappa shape index (κ2) is 4.99. The highest BCUT2D eigenvalue weighted by Gasteiger charge is 2.36. The van der Waals surface area contributed by atoms with Crippen LogP contribution >= 0.6 is 0 Å². The summed E-state index contributed by atoms with van der Waals surface area (Å²) in [6.07, 6.45) is 5.42. The second-order valence-corrected chi connectivity index (χ2v) is 7.82. The fourth-order valence-corrected chi connectivity index (χ4v) is 5.34. The summed E-state index contributed by atoms with van der Waals surface area (Å²) in [6.45, 7) is 0. The molecule has 0 aromatic heterocycles. The molecule has 21 heavy (non-hydrogen) atoms. The van der Waals surface area contributed by atoms with Crippen LogP contribution in [0.1, 0.15) is 24.8 Å². The molecule has 0 aliphatic carbocycles. The Morgan fingerprint density at radius 1 is 1.10 bits per heavy atom. The minimum absolute atomic E-state index is 0.283. The predicted molar refractivity (Wildman–Crippen MR) is 88.0 cm³/mol. The molecule has 2 aromatic carbocycles. The van der Waals surface area contributed by atoms with E-state index in [4.69, 9.17) is 4.74 Å². The van der Waals surface area contributed by atoms with E-state index >= 15 is 0 Å². The molecule has 1 saturated heterocycles. The fraction of sp³-hybridized carbons (Fsp3) is 0.333. The van der Waals surface area contributed by atoms with Crippen LogP contribution in [-0.4, -0.2) is 21.8 Å². The molecule has 0 spiro atoms. The summed E-state index contributed by atoms with van der Waals surface area (Å²) in [6, 6.07) is 12.7. The van der Waals surface area contributed by atoms with Crippen LogP contribution in [-0.2, 0) is 10.8 Å². The number of hydrogen-bond acceptors (Lipinski definition) is 2. The number of methoxy groups -OCH3 is 1. The molecule has 2 aliphatic heterocycles. The molecule has 2 aromatic rings. The molecule has 1 fully saturated rings. The van der Waals surface area contributed by atoms with Crippen molar-refractivity contribution in [2.45, 2.75) is 29.8 Å². The Balaban J connectivity index is 1.74. The quantitative estimate of drug-likeness (QED) is 0.840. The zero-order chi connectivity index (χ0) is 14.4. The molecule has 108 valence electrons. The summed E-state index contributed by atoms with van der Waals surface area (Å²) in [7, 11) is 1.06. The van der Waals surface area contributed by atoms with Crippen molar-refractivity contribution < 1.29 is 8.95 Å². The van der Waals surface area contributed by atoms with Gasteiger partial charge in [-0.2, -0.15) is 0 Å². The maximum Gasteiger partial charge on any atom is 0.119 e. The van der Waals surface area contributed by atoms with E-state index in [0.717, 1.165) is 25.0 Å². The van der Waals surface area contributed by atoms with Gasteiger partial charge in [0.25, 0.3) is 0 Å². The molecule has 2 aliphatic rings. The normalized spacial score (nSPS) is 27.7. The van der Waals surface area contributed by atoms with Crippen molar-refractivity contribution in [2.75, 3.05) is 7.11 Å². The smallest absolute Gasteiger partial charge is 0.119 e. The van der Waals surface area contributed by atoms with Crippen LogP contribution in [0.4, 0.5) is 0 Å². The molecule has 3 unspecified atom stereocenters. The van der Waals surface area contributed by atoms with E-state index < -0.39 is 10.8 Å². The predicted octanol–water partition coefficient (Wildman–Crippen LogP) is 3.92.